The van der Waals surface area contributed by atoms with Crippen molar-refractivity contribution in [2.24, 2.45) is 52.3 Å². The van der Waals surface area contributed by atoms with Crippen LogP contribution in [0.25, 0.3) is 0 Å². The first-order chi connectivity index (χ1) is 12.9. The van der Waals surface area contributed by atoms with Gasteiger partial charge in [0.25, 0.3) is 0 Å². The molecule has 4 aliphatic rings. The average molecular weight is 373 g/mol. The van der Waals surface area contributed by atoms with Gasteiger partial charge in [-0.2, -0.15) is 0 Å². The molecule has 156 valence electrons. The predicted octanol–water partition coefficient (Wildman–Crippen LogP) is 8.50. The molecule has 0 heteroatoms. The van der Waals surface area contributed by atoms with Crippen molar-refractivity contribution >= 4 is 0 Å². The molecule has 0 unspecified atom stereocenters. The van der Waals surface area contributed by atoms with Crippen LogP contribution in [0.2, 0.25) is 0 Å². The van der Waals surface area contributed by atoms with Gasteiger partial charge in [0.1, 0.15) is 0 Å². The van der Waals surface area contributed by atoms with Crippen LogP contribution in [-0.4, -0.2) is 0 Å². The van der Waals surface area contributed by atoms with Crippen molar-refractivity contribution in [3.05, 3.63) is 0 Å². The maximum absolute atomic E-state index is 2.75. The number of fused-ring (bicyclic) bond motifs is 5. The number of hydrogen-bond acceptors (Lipinski definition) is 0. The SMILES string of the molecule is CC(C)CCC[C@H](C)[C@H]1CC[C@@H]2[C@@H]3CC[C@H]4CCCC[C@]4(C)[C@H]3CC[C@@]21C. The van der Waals surface area contributed by atoms with Gasteiger partial charge in [0.2, 0.25) is 0 Å². The zero-order valence-electron chi connectivity index (χ0n) is 19.2. The van der Waals surface area contributed by atoms with Crippen LogP contribution in [0.4, 0.5) is 0 Å². The van der Waals surface area contributed by atoms with Gasteiger partial charge in [0.15, 0.2) is 0 Å². The zero-order chi connectivity index (χ0) is 19.2. The van der Waals surface area contributed by atoms with E-state index < -0.39 is 0 Å². The summed E-state index contributed by atoms with van der Waals surface area (Å²) < 4.78 is 0. The molecule has 0 aliphatic heterocycles. The van der Waals surface area contributed by atoms with Crippen LogP contribution in [-0.2, 0) is 0 Å². The predicted molar refractivity (Wildman–Crippen MR) is 118 cm³/mol. The summed E-state index contributed by atoms with van der Waals surface area (Å²) in [4.78, 5) is 0. The van der Waals surface area contributed by atoms with E-state index in [9.17, 15) is 0 Å². The lowest BCUT2D eigenvalue weighted by Gasteiger charge is -2.61. The highest BCUT2D eigenvalue weighted by atomic mass is 14.6. The maximum Gasteiger partial charge on any atom is -0.0264 e. The Morgan fingerprint density at radius 1 is 0.741 bits per heavy atom. The monoisotopic (exact) mass is 372 g/mol. The summed E-state index contributed by atoms with van der Waals surface area (Å²) in [6.07, 6.45) is 19.9. The topological polar surface area (TPSA) is 0 Å². The molecule has 4 aliphatic carbocycles. The van der Waals surface area contributed by atoms with Crippen LogP contribution >= 0.6 is 0 Å². The lowest BCUT2D eigenvalue weighted by molar-refractivity contribution is -0.114. The molecule has 0 aromatic heterocycles. The fourth-order valence-electron chi connectivity index (χ4n) is 9.32. The van der Waals surface area contributed by atoms with E-state index in [-0.39, 0.29) is 0 Å². The molecule has 8 atom stereocenters. The highest BCUT2D eigenvalue weighted by Gasteiger charge is 2.59. The fourth-order valence-corrected chi connectivity index (χ4v) is 9.32. The van der Waals surface area contributed by atoms with Gasteiger partial charge in [-0.1, -0.05) is 66.7 Å². The van der Waals surface area contributed by atoms with Gasteiger partial charge in [0.05, 0.1) is 0 Å². The van der Waals surface area contributed by atoms with Gasteiger partial charge in [-0.3, -0.25) is 0 Å². The molecule has 0 N–H and O–H groups in total. The molecule has 0 nitrogen and oxygen atoms in total. The van der Waals surface area contributed by atoms with E-state index in [4.69, 9.17) is 0 Å². The van der Waals surface area contributed by atoms with Crippen molar-refractivity contribution in [1.82, 2.24) is 0 Å². The Morgan fingerprint density at radius 3 is 2.30 bits per heavy atom. The summed E-state index contributed by atoms with van der Waals surface area (Å²) in [5.41, 5.74) is 1.39. The summed E-state index contributed by atoms with van der Waals surface area (Å²) in [7, 11) is 0. The first kappa shape index (κ1) is 20.3. The summed E-state index contributed by atoms with van der Waals surface area (Å²) in [6, 6.07) is 0. The summed E-state index contributed by atoms with van der Waals surface area (Å²) in [6.45, 7) is 12.9. The Labute approximate surface area is 170 Å². The Balaban J connectivity index is 1.46. The Bertz CT molecular complexity index is 506. The molecule has 0 bridgehead atoms. The van der Waals surface area contributed by atoms with Crippen molar-refractivity contribution in [2.45, 2.75) is 118 Å². The Kier molecular flexibility index (Phi) is 5.77. The molecule has 0 aromatic carbocycles. The highest BCUT2D eigenvalue weighted by Crippen LogP contribution is 2.68. The van der Waals surface area contributed by atoms with E-state index in [1.165, 1.54) is 32.1 Å². The minimum atomic E-state index is 0.677. The maximum atomic E-state index is 2.75. The molecule has 4 rings (SSSR count). The van der Waals surface area contributed by atoms with E-state index in [0.717, 1.165) is 41.4 Å². The van der Waals surface area contributed by atoms with Crippen molar-refractivity contribution in [3.63, 3.8) is 0 Å². The van der Waals surface area contributed by atoms with E-state index in [0.29, 0.717) is 10.8 Å². The molecule has 4 saturated carbocycles. The number of hydrogen-bond donors (Lipinski definition) is 0. The van der Waals surface area contributed by atoms with E-state index in [2.05, 4.69) is 34.6 Å². The second-order valence-electron chi connectivity index (χ2n) is 12.4. The molecule has 0 heterocycles. The van der Waals surface area contributed by atoms with Crippen molar-refractivity contribution in [3.8, 4) is 0 Å². The third-order valence-electron chi connectivity index (χ3n) is 10.8. The van der Waals surface area contributed by atoms with Crippen LogP contribution < -0.4 is 0 Å². The first-order valence-corrected chi connectivity index (χ1v) is 12.9. The lowest BCUT2D eigenvalue weighted by Crippen LogP contribution is -2.53. The largest absolute Gasteiger partial charge is 0.0628 e. The molecular weight excluding hydrogens is 324 g/mol. The van der Waals surface area contributed by atoms with Crippen LogP contribution in [0.15, 0.2) is 0 Å². The molecule has 0 spiro atoms. The molecular formula is C27H48. The van der Waals surface area contributed by atoms with Crippen LogP contribution in [0.1, 0.15) is 118 Å². The quantitative estimate of drug-likeness (QED) is 0.453. The van der Waals surface area contributed by atoms with Gasteiger partial charge in [-0.15, -0.1) is 0 Å². The van der Waals surface area contributed by atoms with Gasteiger partial charge < -0.3 is 0 Å². The summed E-state index contributed by atoms with van der Waals surface area (Å²) in [5, 5.41) is 0. The molecule has 4 fully saturated rings. The smallest absolute Gasteiger partial charge is 0.0264 e. The van der Waals surface area contributed by atoms with Gasteiger partial charge in [0, 0.05) is 0 Å². The van der Waals surface area contributed by atoms with Gasteiger partial charge >= 0.3 is 0 Å². The van der Waals surface area contributed by atoms with Crippen molar-refractivity contribution in [1.29, 1.82) is 0 Å². The number of rotatable bonds is 5. The fraction of sp³-hybridized carbons (Fsp3) is 1.00. The molecule has 0 saturated heterocycles. The molecule has 0 aromatic rings. The molecule has 27 heavy (non-hydrogen) atoms. The minimum Gasteiger partial charge on any atom is -0.0628 e. The minimum absolute atomic E-state index is 0.677. The second kappa shape index (κ2) is 7.68. The third-order valence-corrected chi connectivity index (χ3v) is 10.8. The van der Waals surface area contributed by atoms with E-state index in [1.807, 2.05) is 0 Å². The summed E-state index contributed by atoms with van der Waals surface area (Å²) in [5.74, 6) is 7.15. The standard InChI is InChI=1S/C27H48/c1-19(2)9-8-10-20(3)23-14-15-24-22-13-12-21-11-6-7-17-26(21,4)25(22)16-18-27(23,24)5/h19-25H,6-18H2,1-5H3/t20-,21+,22-,23+,24+,25-,26-,27+/m0/s1. The second-order valence-corrected chi connectivity index (χ2v) is 12.4. The van der Waals surface area contributed by atoms with E-state index in [1.54, 1.807) is 51.4 Å². The van der Waals surface area contributed by atoms with Crippen LogP contribution in [0.3, 0.4) is 0 Å². The van der Waals surface area contributed by atoms with Crippen molar-refractivity contribution < 1.29 is 0 Å². The average Bonchev–Trinajstić information content (AvgIpc) is 2.98. The van der Waals surface area contributed by atoms with Crippen LogP contribution in [0.5, 0.6) is 0 Å². The van der Waals surface area contributed by atoms with Crippen molar-refractivity contribution in [2.75, 3.05) is 0 Å². The first-order valence-electron chi connectivity index (χ1n) is 12.9. The molecule has 0 radical (unpaired) electrons. The van der Waals surface area contributed by atoms with Gasteiger partial charge in [-0.25, -0.2) is 0 Å². The van der Waals surface area contributed by atoms with Crippen LogP contribution in [0, 0.1) is 52.3 Å². The Hall–Kier alpha value is 0. The summed E-state index contributed by atoms with van der Waals surface area (Å²) >= 11 is 0. The third kappa shape index (κ3) is 3.44. The highest BCUT2D eigenvalue weighted by molar-refractivity contribution is 5.09. The zero-order valence-corrected chi connectivity index (χ0v) is 19.2. The Morgan fingerprint density at radius 2 is 1.52 bits per heavy atom. The lowest BCUT2D eigenvalue weighted by atomic mass is 9.44. The van der Waals surface area contributed by atoms with Gasteiger partial charge in [-0.05, 0) is 104 Å². The normalized spacial score (nSPS) is 48.0. The van der Waals surface area contributed by atoms with E-state index >= 15 is 0 Å². The molecule has 0 amide bonds.